The highest BCUT2D eigenvalue weighted by molar-refractivity contribution is 6.00. The maximum atomic E-state index is 11.6. The fourth-order valence-electron chi connectivity index (χ4n) is 2.33. The smallest absolute Gasteiger partial charge is 0.320 e. The standard InChI is InChI=1S/C14H17NO4/c1-19-14(18)11-12(16)10(15-13(11)17)8-7-9-5-3-2-4-6-9/h2-6,10-12,16H,7-8H2,1H3,(H,15,17). The summed E-state index contributed by atoms with van der Waals surface area (Å²) < 4.78 is 4.53. The Kier molecular flexibility index (Phi) is 4.16. The fraction of sp³-hybridized carbons (Fsp3) is 0.429. The van der Waals surface area contributed by atoms with Crippen LogP contribution in [0.1, 0.15) is 12.0 Å². The first-order chi connectivity index (χ1) is 9.13. The molecular formula is C14H17NO4. The van der Waals surface area contributed by atoms with Crippen LogP contribution in [0.3, 0.4) is 0 Å². The van der Waals surface area contributed by atoms with Crippen LogP contribution < -0.4 is 5.32 Å². The SMILES string of the molecule is COC(=O)C1C(=O)NC(CCc2ccccc2)C1O. The number of esters is 1. The van der Waals surface area contributed by atoms with Gasteiger partial charge >= 0.3 is 5.97 Å². The van der Waals surface area contributed by atoms with Crippen molar-refractivity contribution in [2.75, 3.05) is 7.11 Å². The van der Waals surface area contributed by atoms with Crippen LogP contribution >= 0.6 is 0 Å². The number of methoxy groups -OCH3 is 1. The van der Waals surface area contributed by atoms with Crippen LogP contribution in [0.25, 0.3) is 0 Å². The number of ether oxygens (including phenoxy) is 1. The van der Waals surface area contributed by atoms with Crippen LogP contribution in [0, 0.1) is 5.92 Å². The Morgan fingerprint density at radius 1 is 1.37 bits per heavy atom. The Hall–Kier alpha value is -1.88. The summed E-state index contributed by atoms with van der Waals surface area (Å²) in [5.41, 5.74) is 1.13. The highest BCUT2D eigenvalue weighted by Crippen LogP contribution is 2.21. The molecule has 5 nitrogen and oxygen atoms in total. The van der Waals surface area contributed by atoms with E-state index in [2.05, 4.69) is 10.1 Å². The molecule has 0 saturated carbocycles. The number of hydrogen-bond donors (Lipinski definition) is 2. The monoisotopic (exact) mass is 263 g/mol. The average Bonchev–Trinajstić information content (AvgIpc) is 2.71. The number of benzene rings is 1. The van der Waals surface area contributed by atoms with E-state index >= 15 is 0 Å². The Morgan fingerprint density at radius 3 is 2.68 bits per heavy atom. The van der Waals surface area contributed by atoms with Crippen molar-refractivity contribution < 1.29 is 19.4 Å². The topological polar surface area (TPSA) is 75.6 Å². The molecule has 1 heterocycles. The van der Waals surface area contributed by atoms with Gasteiger partial charge in [-0.2, -0.15) is 0 Å². The number of aliphatic hydroxyl groups is 1. The molecular weight excluding hydrogens is 246 g/mol. The van der Waals surface area contributed by atoms with Crippen molar-refractivity contribution >= 4 is 11.9 Å². The molecule has 1 saturated heterocycles. The van der Waals surface area contributed by atoms with Gasteiger partial charge in [-0.25, -0.2) is 0 Å². The third-order valence-corrected chi connectivity index (χ3v) is 3.41. The molecule has 0 aliphatic carbocycles. The van der Waals surface area contributed by atoms with E-state index in [4.69, 9.17) is 0 Å². The molecule has 0 radical (unpaired) electrons. The lowest BCUT2D eigenvalue weighted by Crippen LogP contribution is -2.34. The van der Waals surface area contributed by atoms with Gasteiger partial charge in [0, 0.05) is 0 Å². The number of carbonyl (C=O) groups excluding carboxylic acids is 2. The van der Waals surface area contributed by atoms with Gasteiger partial charge in [0.15, 0.2) is 5.92 Å². The van der Waals surface area contributed by atoms with Gasteiger partial charge in [-0.1, -0.05) is 30.3 Å². The zero-order chi connectivity index (χ0) is 13.8. The molecule has 102 valence electrons. The zero-order valence-electron chi connectivity index (χ0n) is 10.7. The summed E-state index contributed by atoms with van der Waals surface area (Å²) >= 11 is 0. The van der Waals surface area contributed by atoms with Crippen LogP contribution in [-0.2, 0) is 20.7 Å². The maximum Gasteiger partial charge on any atom is 0.320 e. The zero-order valence-corrected chi connectivity index (χ0v) is 10.7. The van der Waals surface area contributed by atoms with Gasteiger partial charge in [-0.15, -0.1) is 0 Å². The first kappa shape index (κ1) is 13.5. The minimum atomic E-state index is -1.11. The third-order valence-electron chi connectivity index (χ3n) is 3.41. The second-order valence-electron chi connectivity index (χ2n) is 4.63. The molecule has 0 bridgehead atoms. The fourth-order valence-corrected chi connectivity index (χ4v) is 2.33. The Morgan fingerprint density at radius 2 is 2.05 bits per heavy atom. The van der Waals surface area contributed by atoms with E-state index in [1.54, 1.807) is 0 Å². The van der Waals surface area contributed by atoms with Crippen molar-refractivity contribution in [2.24, 2.45) is 5.92 Å². The highest BCUT2D eigenvalue weighted by atomic mass is 16.5. The van der Waals surface area contributed by atoms with E-state index in [1.165, 1.54) is 7.11 Å². The van der Waals surface area contributed by atoms with Crippen molar-refractivity contribution in [3.8, 4) is 0 Å². The first-order valence-electron chi connectivity index (χ1n) is 6.23. The Bertz CT molecular complexity index is 460. The molecule has 5 heteroatoms. The van der Waals surface area contributed by atoms with Crippen molar-refractivity contribution in [1.29, 1.82) is 0 Å². The molecule has 2 rings (SSSR count). The minimum Gasteiger partial charge on any atom is -0.468 e. The molecule has 1 fully saturated rings. The normalized spacial score (nSPS) is 26.0. The number of aliphatic hydroxyl groups excluding tert-OH is 1. The number of rotatable bonds is 4. The summed E-state index contributed by atoms with van der Waals surface area (Å²) in [5, 5.41) is 12.7. The molecule has 1 aromatic rings. The van der Waals surface area contributed by atoms with E-state index in [0.717, 1.165) is 12.0 Å². The molecule has 2 N–H and O–H groups in total. The van der Waals surface area contributed by atoms with Crippen molar-refractivity contribution in [3.05, 3.63) is 35.9 Å². The van der Waals surface area contributed by atoms with Crippen LogP contribution in [0.15, 0.2) is 30.3 Å². The van der Waals surface area contributed by atoms with Gasteiger partial charge in [-0.05, 0) is 18.4 Å². The molecule has 0 spiro atoms. The van der Waals surface area contributed by atoms with E-state index in [-0.39, 0.29) is 0 Å². The largest absolute Gasteiger partial charge is 0.468 e. The lowest BCUT2D eigenvalue weighted by Gasteiger charge is -2.15. The summed E-state index contributed by atoms with van der Waals surface area (Å²) in [6.45, 7) is 0. The Balaban J connectivity index is 1.96. The molecule has 1 aliphatic heterocycles. The number of carbonyl (C=O) groups is 2. The maximum absolute atomic E-state index is 11.6. The van der Waals surface area contributed by atoms with Crippen LogP contribution in [0.5, 0.6) is 0 Å². The number of nitrogens with one attached hydrogen (secondary N) is 1. The van der Waals surface area contributed by atoms with Crippen LogP contribution in [0.2, 0.25) is 0 Å². The van der Waals surface area contributed by atoms with Crippen LogP contribution in [-0.4, -0.2) is 36.2 Å². The van der Waals surface area contributed by atoms with Gasteiger partial charge in [-0.3, -0.25) is 9.59 Å². The summed E-state index contributed by atoms with van der Waals surface area (Å²) in [6, 6.07) is 9.38. The summed E-state index contributed by atoms with van der Waals surface area (Å²) in [6.07, 6.45) is 0.296. The summed E-state index contributed by atoms with van der Waals surface area (Å²) in [4.78, 5) is 23.0. The first-order valence-corrected chi connectivity index (χ1v) is 6.23. The molecule has 1 amide bonds. The molecule has 3 atom stereocenters. The number of aryl methyl sites for hydroxylation is 1. The predicted molar refractivity (Wildman–Crippen MR) is 68.2 cm³/mol. The molecule has 1 aliphatic rings. The molecule has 19 heavy (non-hydrogen) atoms. The molecule has 3 unspecified atom stereocenters. The lowest BCUT2D eigenvalue weighted by atomic mass is 9.97. The van der Waals surface area contributed by atoms with E-state index < -0.39 is 29.9 Å². The predicted octanol–water partition coefficient (Wildman–Crippen LogP) is 0.268. The van der Waals surface area contributed by atoms with E-state index in [9.17, 15) is 14.7 Å². The quantitative estimate of drug-likeness (QED) is 0.604. The highest BCUT2D eigenvalue weighted by Gasteiger charge is 2.46. The number of amides is 1. The van der Waals surface area contributed by atoms with Crippen molar-refractivity contribution in [3.63, 3.8) is 0 Å². The van der Waals surface area contributed by atoms with Gasteiger partial charge in [0.2, 0.25) is 5.91 Å². The van der Waals surface area contributed by atoms with Crippen molar-refractivity contribution in [2.45, 2.75) is 25.0 Å². The third kappa shape index (κ3) is 2.93. The Labute approximate surface area is 111 Å². The summed E-state index contributed by atoms with van der Waals surface area (Å²) in [7, 11) is 1.21. The van der Waals surface area contributed by atoms with Gasteiger partial charge in [0.1, 0.15) is 0 Å². The van der Waals surface area contributed by atoms with Crippen LogP contribution in [0.4, 0.5) is 0 Å². The van der Waals surface area contributed by atoms with Crippen molar-refractivity contribution in [1.82, 2.24) is 5.32 Å². The van der Waals surface area contributed by atoms with E-state index in [1.807, 2.05) is 30.3 Å². The molecule has 0 aromatic heterocycles. The van der Waals surface area contributed by atoms with E-state index in [0.29, 0.717) is 6.42 Å². The van der Waals surface area contributed by atoms with Gasteiger partial charge in [0.25, 0.3) is 0 Å². The summed E-state index contributed by atoms with van der Waals surface area (Å²) in [5.74, 6) is -2.25. The van der Waals surface area contributed by atoms with Gasteiger partial charge < -0.3 is 15.2 Å². The second-order valence-corrected chi connectivity index (χ2v) is 4.63. The lowest BCUT2D eigenvalue weighted by molar-refractivity contribution is -0.151. The average molecular weight is 263 g/mol. The second kappa shape index (κ2) is 5.84. The molecule has 1 aromatic carbocycles. The minimum absolute atomic E-state index is 0.406. The van der Waals surface area contributed by atoms with Gasteiger partial charge in [0.05, 0.1) is 19.3 Å². The number of hydrogen-bond acceptors (Lipinski definition) is 4.